The fourth-order valence-corrected chi connectivity index (χ4v) is 4.09. The summed E-state index contributed by atoms with van der Waals surface area (Å²) in [6, 6.07) is 21.3. The number of carbonyl (C=O) groups is 1. The molecule has 122 valence electrons. The third kappa shape index (κ3) is 2.71. The third-order valence-corrected chi connectivity index (χ3v) is 5.31. The first-order valence-corrected chi connectivity index (χ1v) is 8.81. The van der Waals surface area contributed by atoms with Crippen molar-refractivity contribution in [3.8, 4) is 11.3 Å². The number of pyridine rings is 1. The predicted octanol–water partition coefficient (Wildman–Crippen LogP) is 5.08. The number of benzene rings is 2. The zero-order valence-corrected chi connectivity index (χ0v) is 14.5. The maximum absolute atomic E-state index is 12.8. The highest BCUT2D eigenvalue weighted by Crippen LogP contribution is 2.37. The normalized spacial score (nSPS) is 10.9. The summed E-state index contributed by atoms with van der Waals surface area (Å²) in [6.07, 6.45) is 0. The summed E-state index contributed by atoms with van der Waals surface area (Å²) in [5.74, 6) is -0.0539. The molecule has 0 spiro atoms. The van der Waals surface area contributed by atoms with E-state index < -0.39 is 0 Å². The molecule has 4 aromatic rings. The Labute approximate surface area is 149 Å². The van der Waals surface area contributed by atoms with Gasteiger partial charge in [-0.15, -0.1) is 11.3 Å². The number of hydrogen-bond acceptors (Lipinski definition) is 4. The van der Waals surface area contributed by atoms with E-state index in [-0.39, 0.29) is 5.78 Å². The van der Waals surface area contributed by atoms with Crippen LogP contribution in [0, 0.1) is 6.92 Å². The van der Waals surface area contributed by atoms with E-state index in [1.165, 1.54) is 11.3 Å². The van der Waals surface area contributed by atoms with Crippen molar-refractivity contribution in [2.75, 3.05) is 5.73 Å². The van der Waals surface area contributed by atoms with Crippen molar-refractivity contribution in [1.82, 2.24) is 4.98 Å². The van der Waals surface area contributed by atoms with Crippen molar-refractivity contribution in [3.63, 3.8) is 0 Å². The van der Waals surface area contributed by atoms with Gasteiger partial charge in [-0.05, 0) is 18.6 Å². The lowest BCUT2D eigenvalue weighted by atomic mass is 10.0. The van der Waals surface area contributed by atoms with Crippen molar-refractivity contribution >= 4 is 33.0 Å². The molecule has 0 aliphatic carbocycles. The molecule has 0 saturated carbocycles. The molecule has 0 saturated heterocycles. The van der Waals surface area contributed by atoms with Crippen LogP contribution in [-0.4, -0.2) is 10.8 Å². The number of ketones is 1. The summed E-state index contributed by atoms with van der Waals surface area (Å²) in [4.78, 5) is 18.9. The molecule has 2 aromatic carbocycles. The monoisotopic (exact) mass is 344 g/mol. The highest BCUT2D eigenvalue weighted by atomic mass is 32.1. The van der Waals surface area contributed by atoms with E-state index in [1.54, 1.807) is 0 Å². The summed E-state index contributed by atoms with van der Waals surface area (Å²) in [5.41, 5.74) is 10.5. The smallest absolute Gasteiger partial charge is 0.205 e. The van der Waals surface area contributed by atoms with E-state index in [9.17, 15) is 4.79 Å². The van der Waals surface area contributed by atoms with E-state index in [2.05, 4.69) is 0 Å². The number of nitrogen functional groups attached to an aromatic ring is 1. The molecule has 0 fully saturated rings. The molecule has 2 aromatic heterocycles. The summed E-state index contributed by atoms with van der Waals surface area (Å²) in [6.45, 7) is 2.01. The molecule has 0 aliphatic heterocycles. The average molecular weight is 344 g/mol. The lowest BCUT2D eigenvalue weighted by molar-refractivity contribution is 0.104. The predicted molar refractivity (Wildman–Crippen MR) is 104 cm³/mol. The summed E-state index contributed by atoms with van der Waals surface area (Å²) in [5, 5.41) is 0.879. The van der Waals surface area contributed by atoms with Gasteiger partial charge in [-0.2, -0.15) is 0 Å². The number of fused-ring (bicyclic) bond motifs is 1. The largest absolute Gasteiger partial charge is 0.397 e. The minimum absolute atomic E-state index is 0.0539. The van der Waals surface area contributed by atoms with Crippen LogP contribution >= 0.6 is 11.3 Å². The average Bonchev–Trinajstić information content (AvgIpc) is 2.99. The first-order valence-electron chi connectivity index (χ1n) is 8.00. The molecule has 4 heteroatoms. The van der Waals surface area contributed by atoms with Crippen LogP contribution in [0.3, 0.4) is 0 Å². The van der Waals surface area contributed by atoms with Gasteiger partial charge in [0.2, 0.25) is 5.78 Å². The van der Waals surface area contributed by atoms with E-state index in [0.29, 0.717) is 16.1 Å². The van der Waals surface area contributed by atoms with Crippen molar-refractivity contribution in [2.45, 2.75) is 6.92 Å². The Balaban J connectivity index is 1.88. The van der Waals surface area contributed by atoms with Crippen LogP contribution in [0.1, 0.15) is 20.8 Å². The van der Waals surface area contributed by atoms with Gasteiger partial charge in [0.1, 0.15) is 9.71 Å². The molecule has 2 heterocycles. The number of thiophene rings is 1. The van der Waals surface area contributed by atoms with Crippen molar-refractivity contribution in [1.29, 1.82) is 0 Å². The summed E-state index contributed by atoms with van der Waals surface area (Å²) >= 11 is 1.36. The van der Waals surface area contributed by atoms with E-state index in [0.717, 1.165) is 27.0 Å². The van der Waals surface area contributed by atoms with E-state index >= 15 is 0 Å². The zero-order valence-electron chi connectivity index (χ0n) is 13.7. The molecular formula is C21H16N2OS. The SMILES string of the molecule is Cc1cc(-c2ccccc2)nc2sc(C(=O)c3ccccc3)c(N)c12. The minimum atomic E-state index is -0.0539. The molecule has 0 unspecified atom stereocenters. The second-order valence-corrected chi connectivity index (χ2v) is 6.91. The number of aromatic nitrogens is 1. The lowest BCUT2D eigenvalue weighted by Gasteiger charge is -2.04. The van der Waals surface area contributed by atoms with Gasteiger partial charge in [-0.25, -0.2) is 4.98 Å². The molecule has 4 rings (SSSR count). The Bertz CT molecular complexity index is 1070. The van der Waals surface area contributed by atoms with Crippen molar-refractivity contribution in [2.24, 2.45) is 0 Å². The molecule has 0 amide bonds. The van der Waals surface area contributed by atoms with Gasteiger partial charge in [-0.3, -0.25) is 4.79 Å². The van der Waals surface area contributed by atoms with Crippen LogP contribution in [0.2, 0.25) is 0 Å². The molecule has 2 N–H and O–H groups in total. The first kappa shape index (κ1) is 15.5. The summed E-state index contributed by atoms with van der Waals surface area (Å²) < 4.78 is 0. The minimum Gasteiger partial charge on any atom is -0.397 e. The van der Waals surface area contributed by atoms with Crippen LogP contribution in [0.15, 0.2) is 66.7 Å². The second-order valence-electron chi connectivity index (χ2n) is 5.91. The van der Waals surface area contributed by atoms with Crippen LogP contribution in [0.5, 0.6) is 0 Å². The maximum atomic E-state index is 12.8. The van der Waals surface area contributed by atoms with Gasteiger partial charge >= 0.3 is 0 Å². The van der Waals surface area contributed by atoms with Crippen LogP contribution in [0.25, 0.3) is 21.5 Å². The number of anilines is 1. The molecular weight excluding hydrogens is 328 g/mol. The molecule has 0 atom stereocenters. The third-order valence-electron chi connectivity index (χ3n) is 4.21. The van der Waals surface area contributed by atoms with Gasteiger partial charge in [0.25, 0.3) is 0 Å². The first-order chi connectivity index (χ1) is 12.1. The number of aryl methyl sites for hydroxylation is 1. The molecule has 25 heavy (non-hydrogen) atoms. The number of hydrogen-bond donors (Lipinski definition) is 1. The summed E-state index contributed by atoms with van der Waals surface area (Å²) in [7, 11) is 0. The highest BCUT2D eigenvalue weighted by Gasteiger charge is 2.20. The Kier molecular flexibility index (Phi) is 3.82. The molecule has 0 aliphatic rings. The standard InChI is InChI=1S/C21H16N2OS/c1-13-12-16(14-8-4-2-5-9-14)23-21-17(13)18(22)20(25-21)19(24)15-10-6-3-7-11-15/h2-12H,22H2,1H3. The fraction of sp³-hybridized carbons (Fsp3) is 0.0476. The lowest BCUT2D eigenvalue weighted by Crippen LogP contribution is -2.01. The Morgan fingerprint density at radius 1 is 1.00 bits per heavy atom. The van der Waals surface area contributed by atoms with Gasteiger partial charge < -0.3 is 5.73 Å². The second kappa shape index (κ2) is 6.15. The fourth-order valence-electron chi connectivity index (χ4n) is 2.96. The van der Waals surface area contributed by atoms with Gasteiger partial charge in [0.15, 0.2) is 0 Å². The van der Waals surface area contributed by atoms with Crippen molar-refractivity contribution in [3.05, 3.63) is 82.7 Å². The Morgan fingerprint density at radius 3 is 2.32 bits per heavy atom. The number of nitrogens with two attached hydrogens (primary N) is 1. The van der Waals surface area contributed by atoms with E-state index in [1.807, 2.05) is 73.7 Å². The van der Waals surface area contributed by atoms with Gasteiger partial charge in [0, 0.05) is 16.5 Å². The van der Waals surface area contributed by atoms with Crippen LogP contribution in [-0.2, 0) is 0 Å². The Morgan fingerprint density at radius 2 is 1.64 bits per heavy atom. The zero-order chi connectivity index (χ0) is 17.4. The van der Waals surface area contributed by atoms with Crippen LogP contribution in [0.4, 0.5) is 5.69 Å². The van der Waals surface area contributed by atoms with Gasteiger partial charge in [0.05, 0.1) is 11.4 Å². The molecule has 0 bridgehead atoms. The quantitative estimate of drug-likeness (QED) is 0.527. The number of nitrogens with zero attached hydrogens (tertiary/aromatic N) is 1. The Hall–Kier alpha value is -2.98. The molecule has 0 radical (unpaired) electrons. The number of carbonyl (C=O) groups excluding carboxylic acids is 1. The maximum Gasteiger partial charge on any atom is 0.205 e. The highest BCUT2D eigenvalue weighted by molar-refractivity contribution is 7.21. The van der Waals surface area contributed by atoms with E-state index in [4.69, 9.17) is 10.7 Å². The van der Waals surface area contributed by atoms with Crippen LogP contribution < -0.4 is 5.73 Å². The molecule has 3 nitrogen and oxygen atoms in total. The van der Waals surface area contributed by atoms with Crippen molar-refractivity contribution < 1.29 is 4.79 Å². The topological polar surface area (TPSA) is 56.0 Å². The van der Waals surface area contributed by atoms with Gasteiger partial charge in [-0.1, -0.05) is 60.7 Å². The number of rotatable bonds is 3.